The van der Waals surface area contributed by atoms with E-state index in [0.717, 1.165) is 23.8 Å². The van der Waals surface area contributed by atoms with Gasteiger partial charge in [0.15, 0.2) is 0 Å². The molecule has 10 nitrogen and oxygen atoms in total. The third kappa shape index (κ3) is 7.04. The number of carbonyl (C=O) groups excluding carboxylic acids is 1. The number of halogens is 5. The average Bonchev–Trinajstić information content (AvgIpc) is 3.82. The van der Waals surface area contributed by atoms with E-state index in [1.54, 1.807) is 36.7 Å². The summed E-state index contributed by atoms with van der Waals surface area (Å²) in [6, 6.07) is 7.62. The van der Waals surface area contributed by atoms with Crippen molar-refractivity contribution in [2.45, 2.75) is 69.3 Å². The van der Waals surface area contributed by atoms with Gasteiger partial charge in [0.25, 0.3) is 5.91 Å². The second kappa shape index (κ2) is 13.4. The number of piperidine rings is 1. The number of benzene rings is 1. The van der Waals surface area contributed by atoms with Crippen molar-refractivity contribution in [2.75, 3.05) is 38.7 Å². The number of alkyl halides is 5. The van der Waals surface area contributed by atoms with E-state index in [9.17, 15) is 26.7 Å². The van der Waals surface area contributed by atoms with Gasteiger partial charge in [-0.2, -0.15) is 18.2 Å². The van der Waals surface area contributed by atoms with Crippen LogP contribution in [0.5, 0.6) is 0 Å². The van der Waals surface area contributed by atoms with Gasteiger partial charge in [-0.1, -0.05) is 11.2 Å². The summed E-state index contributed by atoms with van der Waals surface area (Å²) in [4.78, 5) is 19.1. The smallest absolute Gasteiger partial charge is 0.379 e. The first-order chi connectivity index (χ1) is 22.1. The Bertz CT molecular complexity index is 1650. The van der Waals surface area contributed by atoms with Crippen molar-refractivity contribution in [2.24, 2.45) is 0 Å². The van der Waals surface area contributed by atoms with E-state index in [1.807, 2.05) is 16.5 Å². The lowest BCUT2D eigenvalue weighted by Gasteiger charge is -2.33. The number of anilines is 1. The van der Waals surface area contributed by atoms with Crippen LogP contribution in [0.3, 0.4) is 0 Å². The first-order valence-corrected chi connectivity index (χ1v) is 15.3. The molecule has 4 heterocycles. The van der Waals surface area contributed by atoms with Crippen LogP contribution in [-0.2, 0) is 17.8 Å². The van der Waals surface area contributed by atoms with Crippen LogP contribution < -0.4 is 10.6 Å². The fourth-order valence-electron chi connectivity index (χ4n) is 6.44. The molecule has 1 amide bonds. The van der Waals surface area contributed by atoms with Gasteiger partial charge in [-0.25, -0.2) is 8.78 Å². The highest BCUT2D eigenvalue weighted by molar-refractivity contribution is 5.96. The molecule has 0 radical (unpaired) electrons. The maximum atomic E-state index is 14.8. The number of hydrogen-bond acceptors (Lipinski definition) is 7. The normalized spacial score (nSPS) is 22.5. The first kappa shape index (κ1) is 32.0. The van der Waals surface area contributed by atoms with Gasteiger partial charge in [-0.05, 0) is 57.0 Å². The number of ether oxygens (including phenoxy) is 1. The molecule has 15 heteroatoms. The number of carbonyl (C=O) groups is 1. The second-order valence-electron chi connectivity index (χ2n) is 11.9. The molecule has 1 aliphatic carbocycles. The number of amides is 1. The SMILES string of the molecule is CN1CC[C@@H](Nc2cccc3c2cc(-c2noc(CNC(=O)c4ccn([C@H]5CCC[C@@H]5OCCF)c4)n2)n3CC(F)(F)F)[C@@H](F)C1. The van der Waals surface area contributed by atoms with Gasteiger partial charge < -0.3 is 33.9 Å². The summed E-state index contributed by atoms with van der Waals surface area (Å²) in [7, 11) is 1.84. The van der Waals surface area contributed by atoms with Gasteiger partial charge in [0, 0.05) is 36.6 Å². The number of rotatable bonds is 11. The Hall–Kier alpha value is -3.98. The van der Waals surface area contributed by atoms with E-state index < -0.39 is 37.5 Å². The third-order valence-electron chi connectivity index (χ3n) is 8.65. The molecule has 6 rings (SSSR count). The third-order valence-corrected chi connectivity index (χ3v) is 8.65. The van der Waals surface area contributed by atoms with E-state index in [-0.39, 0.29) is 54.8 Å². The van der Waals surface area contributed by atoms with Crippen LogP contribution >= 0.6 is 0 Å². The molecule has 0 unspecified atom stereocenters. The van der Waals surface area contributed by atoms with E-state index in [2.05, 4.69) is 20.8 Å². The Labute approximate surface area is 261 Å². The van der Waals surface area contributed by atoms with E-state index in [1.165, 1.54) is 6.07 Å². The quantitative estimate of drug-likeness (QED) is 0.207. The van der Waals surface area contributed by atoms with Crippen LogP contribution in [0.25, 0.3) is 22.4 Å². The van der Waals surface area contributed by atoms with Crippen molar-refractivity contribution in [1.82, 2.24) is 29.5 Å². The van der Waals surface area contributed by atoms with Crippen LogP contribution in [0.4, 0.5) is 27.6 Å². The molecule has 1 saturated heterocycles. The first-order valence-electron chi connectivity index (χ1n) is 15.3. The maximum absolute atomic E-state index is 14.8. The highest BCUT2D eigenvalue weighted by atomic mass is 19.4. The monoisotopic (exact) mass is 649 g/mol. The molecule has 2 aliphatic rings. The molecule has 1 saturated carbocycles. The molecule has 3 aromatic heterocycles. The van der Waals surface area contributed by atoms with Crippen LogP contribution in [0.2, 0.25) is 0 Å². The molecular formula is C31H36F5N7O3. The summed E-state index contributed by atoms with van der Waals surface area (Å²) < 4.78 is 82.5. The topological polar surface area (TPSA) is 102 Å². The summed E-state index contributed by atoms with van der Waals surface area (Å²) in [5.41, 5.74) is 1.25. The lowest BCUT2D eigenvalue weighted by atomic mass is 10.0. The molecule has 0 bridgehead atoms. The molecule has 1 aromatic carbocycles. The number of nitrogens with zero attached hydrogens (tertiary/aromatic N) is 5. The fraction of sp³-hybridized carbons (Fsp3) is 0.516. The molecular weight excluding hydrogens is 613 g/mol. The second-order valence-corrected chi connectivity index (χ2v) is 11.9. The van der Waals surface area contributed by atoms with Crippen molar-refractivity contribution in [3.05, 3.63) is 54.2 Å². The molecule has 4 atom stereocenters. The van der Waals surface area contributed by atoms with Gasteiger partial charge in [-0.15, -0.1) is 0 Å². The molecule has 1 aliphatic heterocycles. The Kier molecular flexibility index (Phi) is 9.32. The van der Waals surface area contributed by atoms with Crippen LogP contribution in [0, 0.1) is 0 Å². The number of likely N-dealkylation sites (tertiary alicyclic amines) is 1. The van der Waals surface area contributed by atoms with Gasteiger partial charge in [0.1, 0.15) is 19.4 Å². The Morgan fingerprint density at radius 3 is 2.83 bits per heavy atom. The van der Waals surface area contributed by atoms with Gasteiger partial charge in [0.2, 0.25) is 11.7 Å². The lowest BCUT2D eigenvalue weighted by Crippen LogP contribution is -2.46. The zero-order chi connectivity index (χ0) is 32.4. The number of hydrogen-bond donors (Lipinski definition) is 2. The summed E-state index contributed by atoms with van der Waals surface area (Å²) >= 11 is 0. The van der Waals surface area contributed by atoms with Crippen LogP contribution in [0.1, 0.15) is 48.0 Å². The molecule has 2 fully saturated rings. The predicted molar refractivity (Wildman–Crippen MR) is 160 cm³/mol. The van der Waals surface area contributed by atoms with E-state index in [4.69, 9.17) is 9.26 Å². The van der Waals surface area contributed by atoms with E-state index >= 15 is 0 Å². The van der Waals surface area contributed by atoms with Gasteiger partial charge in [0.05, 0.1) is 48.1 Å². The number of fused-ring (bicyclic) bond motifs is 1. The summed E-state index contributed by atoms with van der Waals surface area (Å²) in [6.45, 7) is -1.01. The van der Waals surface area contributed by atoms with E-state index in [0.29, 0.717) is 29.6 Å². The molecule has 0 spiro atoms. The summed E-state index contributed by atoms with van der Waals surface area (Å²) in [5.74, 6) is -0.475. The van der Waals surface area contributed by atoms with Crippen molar-refractivity contribution in [3.63, 3.8) is 0 Å². The largest absolute Gasteiger partial charge is 0.406 e. The van der Waals surface area contributed by atoms with Crippen molar-refractivity contribution < 1.29 is 36.0 Å². The number of nitrogens with one attached hydrogen (secondary N) is 2. The Morgan fingerprint density at radius 1 is 1.20 bits per heavy atom. The molecule has 46 heavy (non-hydrogen) atoms. The zero-order valence-corrected chi connectivity index (χ0v) is 25.3. The van der Waals surface area contributed by atoms with Crippen LogP contribution in [0.15, 0.2) is 47.2 Å². The minimum atomic E-state index is -4.54. The fourth-order valence-corrected chi connectivity index (χ4v) is 6.44. The lowest BCUT2D eigenvalue weighted by molar-refractivity contribution is -0.139. The minimum absolute atomic E-state index is 0.00650. The Balaban J connectivity index is 1.18. The number of aromatic nitrogens is 4. The highest BCUT2D eigenvalue weighted by Crippen LogP contribution is 2.35. The molecule has 248 valence electrons. The standard InChI is InChI=1S/C31H36F5N7O3/c1-41-11-9-23(21(33)17-41)38-22-4-2-5-24-20(22)14-26(43(24)18-31(34,35)36)29-39-28(46-40-29)15-37-30(44)19-8-12-42(16-19)25-6-3-7-27(25)45-13-10-32/h2,4-5,8,12,14,16,21,23,25,27,38H,3,6-7,9-11,13,15,17-18H2,1H3,(H,37,44)/t21-,23+,25-,27-/m0/s1. The predicted octanol–water partition coefficient (Wildman–Crippen LogP) is 5.52. The highest BCUT2D eigenvalue weighted by Gasteiger charge is 2.33. The van der Waals surface area contributed by atoms with Crippen molar-refractivity contribution in [3.8, 4) is 11.5 Å². The van der Waals surface area contributed by atoms with Crippen molar-refractivity contribution >= 4 is 22.5 Å². The zero-order valence-electron chi connectivity index (χ0n) is 25.3. The molecule has 2 N–H and O–H groups in total. The van der Waals surface area contributed by atoms with Gasteiger partial charge in [-0.3, -0.25) is 4.79 Å². The van der Waals surface area contributed by atoms with Gasteiger partial charge >= 0.3 is 6.18 Å². The summed E-state index contributed by atoms with van der Waals surface area (Å²) in [6.07, 6.45) is 0.845. The average molecular weight is 650 g/mol. The maximum Gasteiger partial charge on any atom is 0.406 e. The summed E-state index contributed by atoms with van der Waals surface area (Å²) in [5, 5.41) is 10.3. The van der Waals surface area contributed by atoms with Crippen LogP contribution in [-0.4, -0.2) is 88.0 Å². The Morgan fingerprint density at radius 2 is 2.04 bits per heavy atom. The molecule has 4 aromatic rings. The minimum Gasteiger partial charge on any atom is -0.379 e. The van der Waals surface area contributed by atoms with Crippen molar-refractivity contribution in [1.29, 1.82) is 0 Å².